The summed E-state index contributed by atoms with van der Waals surface area (Å²) in [5.41, 5.74) is 1.43. The van der Waals surface area contributed by atoms with Gasteiger partial charge in [-0.3, -0.25) is 0 Å². The third-order valence-electron chi connectivity index (χ3n) is 3.28. The van der Waals surface area contributed by atoms with Gasteiger partial charge in [0.15, 0.2) is 5.70 Å². The minimum atomic E-state index is -0.571. The number of esters is 1. The van der Waals surface area contributed by atoms with E-state index in [4.69, 9.17) is 51.1 Å². The lowest BCUT2D eigenvalue weighted by Gasteiger charge is -1.99. The zero-order valence-electron chi connectivity index (χ0n) is 12.5. The summed E-state index contributed by atoms with van der Waals surface area (Å²) in [6.07, 6.45) is 4.75. The lowest BCUT2D eigenvalue weighted by molar-refractivity contribution is -0.129. The van der Waals surface area contributed by atoms with Crippen LogP contribution in [0.15, 0.2) is 53.2 Å². The fourth-order valence-electron chi connectivity index (χ4n) is 2.07. The van der Waals surface area contributed by atoms with Crippen LogP contribution in [0.25, 0.3) is 12.2 Å². The van der Waals surface area contributed by atoms with Gasteiger partial charge in [0.1, 0.15) is 0 Å². The average molecular weight is 413 g/mol. The molecule has 2 aromatic carbocycles. The number of halogens is 4. The normalized spacial score (nSPS) is 15.8. The number of hydrogen-bond donors (Lipinski definition) is 0. The quantitative estimate of drug-likeness (QED) is 0.437. The number of benzene rings is 2. The highest BCUT2D eigenvalue weighted by Gasteiger charge is 2.21. The SMILES string of the molecule is O=C1OC(/C=C/c2ccc(Cl)cc2Cl)=NC/1=C\c1cccc(Cl)c1Cl. The molecule has 0 atom stereocenters. The highest BCUT2D eigenvalue weighted by Crippen LogP contribution is 2.28. The van der Waals surface area contributed by atoms with Crippen LogP contribution in [0, 0.1) is 0 Å². The van der Waals surface area contributed by atoms with E-state index in [9.17, 15) is 4.79 Å². The zero-order valence-corrected chi connectivity index (χ0v) is 15.5. The smallest absolute Gasteiger partial charge is 0.363 e. The van der Waals surface area contributed by atoms with Gasteiger partial charge in [0.25, 0.3) is 0 Å². The van der Waals surface area contributed by atoms with E-state index in [0.29, 0.717) is 25.7 Å². The maximum atomic E-state index is 11.9. The fraction of sp³-hybridized carbons (Fsp3) is 0. The van der Waals surface area contributed by atoms with E-state index < -0.39 is 5.97 Å². The van der Waals surface area contributed by atoms with E-state index in [0.717, 1.165) is 5.56 Å². The van der Waals surface area contributed by atoms with Crippen LogP contribution < -0.4 is 0 Å². The molecule has 126 valence electrons. The number of nitrogens with zero attached hydrogens (tertiary/aromatic N) is 1. The Morgan fingerprint density at radius 2 is 1.72 bits per heavy atom. The molecule has 0 aromatic heterocycles. The molecule has 0 fully saturated rings. The van der Waals surface area contributed by atoms with Gasteiger partial charge in [-0.2, -0.15) is 0 Å². The van der Waals surface area contributed by atoms with Crippen molar-refractivity contribution in [2.24, 2.45) is 4.99 Å². The van der Waals surface area contributed by atoms with E-state index in [1.807, 2.05) is 0 Å². The molecule has 2 aromatic rings. The Labute approximate surface area is 164 Å². The van der Waals surface area contributed by atoms with Crippen molar-refractivity contribution in [2.75, 3.05) is 0 Å². The number of hydrogen-bond acceptors (Lipinski definition) is 3. The van der Waals surface area contributed by atoms with Gasteiger partial charge in [0, 0.05) is 16.1 Å². The number of carbonyl (C=O) groups excluding carboxylic acids is 1. The molecular formula is C18H9Cl4NO2. The van der Waals surface area contributed by atoms with Crippen molar-refractivity contribution in [3.63, 3.8) is 0 Å². The highest BCUT2D eigenvalue weighted by molar-refractivity contribution is 6.43. The Morgan fingerprint density at radius 1 is 0.920 bits per heavy atom. The Hall–Kier alpha value is -1.78. The summed E-state index contributed by atoms with van der Waals surface area (Å²) < 4.78 is 5.11. The van der Waals surface area contributed by atoms with Crippen LogP contribution >= 0.6 is 46.4 Å². The van der Waals surface area contributed by atoms with E-state index >= 15 is 0 Å². The molecule has 7 heteroatoms. The van der Waals surface area contributed by atoms with Gasteiger partial charge in [-0.1, -0.05) is 64.6 Å². The van der Waals surface area contributed by atoms with Crippen LogP contribution in [-0.2, 0) is 9.53 Å². The first-order chi connectivity index (χ1) is 11.9. The third-order valence-corrected chi connectivity index (χ3v) is 4.67. The minimum absolute atomic E-state index is 0.131. The van der Waals surface area contributed by atoms with E-state index in [2.05, 4.69) is 4.99 Å². The topological polar surface area (TPSA) is 38.7 Å². The predicted molar refractivity (Wildman–Crippen MR) is 103 cm³/mol. The number of cyclic esters (lactones) is 1. The highest BCUT2D eigenvalue weighted by atomic mass is 35.5. The molecule has 3 rings (SSSR count). The van der Waals surface area contributed by atoms with Gasteiger partial charge >= 0.3 is 5.97 Å². The summed E-state index contributed by atoms with van der Waals surface area (Å²) >= 11 is 24.0. The van der Waals surface area contributed by atoms with Crippen LogP contribution in [0.1, 0.15) is 11.1 Å². The van der Waals surface area contributed by atoms with Crippen molar-refractivity contribution in [3.05, 3.63) is 79.4 Å². The van der Waals surface area contributed by atoms with Crippen molar-refractivity contribution in [1.82, 2.24) is 0 Å². The van der Waals surface area contributed by atoms with Crippen LogP contribution in [0.2, 0.25) is 20.1 Å². The largest absolute Gasteiger partial charge is 0.403 e. The third kappa shape index (κ3) is 4.25. The Balaban J connectivity index is 1.86. The second kappa shape index (κ2) is 7.63. The molecule has 0 bridgehead atoms. The molecule has 3 nitrogen and oxygen atoms in total. The van der Waals surface area contributed by atoms with Crippen LogP contribution in [0.3, 0.4) is 0 Å². The molecule has 25 heavy (non-hydrogen) atoms. The van der Waals surface area contributed by atoms with Crippen LogP contribution in [-0.4, -0.2) is 11.9 Å². The lowest BCUT2D eigenvalue weighted by Crippen LogP contribution is -2.01. The molecule has 0 N–H and O–H groups in total. The molecule has 0 saturated heterocycles. The molecule has 0 amide bonds. The summed E-state index contributed by atoms with van der Waals surface area (Å²) in [4.78, 5) is 16.1. The molecule has 0 spiro atoms. The second-order valence-corrected chi connectivity index (χ2v) is 6.64. The fourth-order valence-corrected chi connectivity index (χ4v) is 2.91. The van der Waals surface area contributed by atoms with Gasteiger partial charge in [-0.15, -0.1) is 0 Å². The number of rotatable bonds is 3. The first kappa shape index (κ1) is 18.0. The van der Waals surface area contributed by atoms with Gasteiger partial charge < -0.3 is 4.74 Å². The number of aliphatic imine (C=N–C) groups is 1. The summed E-state index contributed by atoms with van der Waals surface area (Å²) in [5, 5.41) is 1.76. The predicted octanol–water partition coefficient (Wildman–Crippen LogP) is 6.31. The van der Waals surface area contributed by atoms with Crippen molar-refractivity contribution in [1.29, 1.82) is 0 Å². The average Bonchev–Trinajstić information content (AvgIpc) is 2.91. The molecule has 0 radical (unpaired) electrons. The van der Waals surface area contributed by atoms with E-state index in [1.165, 1.54) is 6.08 Å². The second-order valence-electron chi connectivity index (χ2n) is 5.01. The summed E-state index contributed by atoms with van der Waals surface area (Å²) in [5.74, 6) is -0.418. The summed E-state index contributed by atoms with van der Waals surface area (Å²) in [6, 6.07) is 10.2. The van der Waals surface area contributed by atoms with E-state index in [-0.39, 0.29) is 11.6 Å². The lowest BCUT2D eigenvalue weighted by atomic mass is 10.2. The molecule has 0 saturated carbocycles. The van der Waals surface area contributed by atoms with Crippen molar-refractivity contribution < 1.29 is 9.53 Å². The Bertz CT molecular complexity index is 948. The molecule has 0 unspecified atom stereocenters. The molecule has 0 aliphatic carbocycles. The zero-order chi connectivity index (χ0) is 18.0. The van der Waals surface area contributed by atoms with Gasteiger partial charge in [0.2, 0.25) is 5.90 Å². The number of carbonyl (C=O) groups is 1. The van der Waals surface area contributed by atoms with Crippen LogP contribution in [0.5, 0.6) is 0 Å². The van der Waals surface area contributed by atoms with Crippen LogP contribution in [0.4, 0.5) is 0 Å². The standard InChI is InChI=1S/C18H9Cl4NO2/c19-12-6-4-10(14(21)9-12)5-7-16-23-15(18(24)25-16)8-11-2-1-3-13(20)17(11)22/h1-9H/b7-5+,15-8-. The number of ether oxygens (including phenoxy) is 1. The Morgan fingerprint density at radius 3 is 2.48 bits per heavy atom. The van der Waals surface area contributed by atoms with Crippen molar-refractivity contribution in [2.45, 2.75) is 0 Å². The van der Waals surface area contributed by atoms with E-state index in [1.54, 1.807) is 48.6 Å². The van der Waals surface area contributed by atoms with Gasteiger partial charge in [0.05, 0.1) is 10.0 Å². The first-order valence-electron chi connectivity index (χ1n) is 7.04. The summed E-state index contributed by atoms with van der Waals surface area (Å²) in [7, 11) is 0. The Kier molecular flexibility index (Phi) is 5.50. The van der Waals surface area contributed by atoms with Gasteiger partial charge in [-0.05, 0) is 41.5 Å². The van der Waals surface area contributed by atoms with Crippen molar-refractivity contribution in [3.8, 4) is 0 Å². The van der Waals surface area contributed by atoms with Gasteiger partial charge in [-0.25, -0.2) is 9.79 Å². The molecule has 1 heterocycles. The molecule has 1 aliphatic heterocycles. The maximum Gasteiger partial charge on any atom is 0.363 e. The van der Waals surface area contributed by atoms with Crippen molar-refractivity contribution >= 4 is 70.4 Å². The minimum Gasteiger partial charge on any atom is -0.403 e. The molecule has 1 aliphatic rings. The maximum absolute atomic E-state index is 11.9. The first-order valence-corrected chi connectivity index (χ1v) is 8.55. The molecular weight excluding hydrogens is 404 g/mol. The summed E-state index contributed by atoms with van der Waals surface area (Å²) in [6.45, 7) is 0. The monoisotopic (exact) mass is 411 g/mol.